The number of carbonyl (C=O) groups excluding carboxylic acids is 1. The molecular weight excluding hydrogens is 416 g/mol. The van der Waals surface area contributed by atoms with Gasteiger partial charge < -0.3 is 20.9 Å². The molecule has 0 saturated heterocycles. The van der Waals surface area contributed by atoms with Crippen molar-refractivity contribution in [2.75, 3.05) is 36.8 Å². The van der Waals surface area contributed by atoms with E-state index in [1.807, 2.05) is 18.2 Å². The Morgan fingerprint density at radius 2 is 1.88 bits per heavy atom. The zero-order valence-electron chi connectivity index (χ0n) is 19.3. The van der Waals surface area contributed by atoms with Gasteiger partial charge in [0.2, 0.25) is 5.95 Å². The van der Waals surface area contributed by atoms with E-state index in [1.54, 1.807) is 24.4 Å². The number of rotatable bonds is 12. The molecule has 0 atom stereocenters. The Morgan fingerprint density at radius 1 is 1.09 bits per heavy atom. The number of nitrogens with zero attached hydrogens (tertiary/aromatic N) is 4. The maximum Gasteiger partial charge on any atom is 0.251 e. The molecule has 9 nitrogen and oxygen atoms in total. The third-order valence-corrected chi connectivity index (χ3v) is 5.76. The Bertz CT molecular complexity index is 1040. The number of hydrogen-bond acceptors (Lipinski definition) is 7. The van der Waals surface area contributed by atoms with E-state index in [-0.39, 0.29) is 5.91 Å². The highest BCUT2D eigenvalue weighted by atomic mass is 16.1. The molecule has 33 heavy (non-hydrogen) atoms. The van der Waals surface area contributed by atoms with Gasteiger partial charge in [-0.15, -0.1) is 0 Å². The molecule has 1 amide bonds. The van der Waals surface area contributed by atoms with E-state index in [9.17, 15) is 4.79 Å². The summed E-state index contributed by atoms with van der Waals surface area (Å²) in [6.07, 6.45) is 5.07. The fourth-order valence-corrected chi connectivity index (χ4v) is 3.60. The topological polar surface area (TPSA) is 111 Å². The van der Waals surface area contributed by atoms with Crippen molar-refractivity contribution in [1.29, 1.82) is 0 Å². The first-order valence-electron chi connectivity index (χ1n) is 11.7. The molecule has 1 aliphatic carbocycles. The van der Waals surface area contributed by atoms with Gasteiger partial charge in [-0.2, -0.15) is 10.1 Å². The van der Waals surface area contributed by atoms with Gasteiger partial charge in [-0.25, -0.2) is 4.98 Å². The van der Waals surface area contributed by atoms with Crippen LogP contribution in [-0.2, 0) is 0 Å². The number of benzene rings is 1. The Balaban J connectivity index is 1.27. The second-order valence-corrected chi connectivity index (χ2v) is 8.21. The Hall–Kier alpha value is -3.46. The van der Waals surface area contributed by atoms with Crippen LogP contribution < -0.4 is 16.0 Å². The Labute approximate surface area is 194 Å². The average molecular weight is 449 g/mol. The van der Waals surface area contributed by atoms with Crippen LogP contribution in [0.3, 0.4) is 0 Å². The highest BCUT2D eigenvalue weighted by molar-refractivity contribution is 5.94. The van der Waals surface area contributed by atoms with E-state index in [0.717, 1.165) is 43.3 Å². The predicted molar refractivity (Wildman–Crippen MR) is 130 cm³/mol. The van der Waals surface area contributed by atoms with Gasteiger partial charge in [0.05, 0.1) is 0 Å². The van der Waals surface area contributed by atoms with Crippen LogP contribution in [0.15, 0.2) is 42.6 Å². The highest BCUT2D eigenvalue weighted by Crippen LogP contribution is 2.39. The molecule has 2 aromatic heterocycles. The second-order valence-electron chi connectivity index (χ2n) is 8.21. The van der Waals surface area contributed by atoms with Crippen LogP contribution in [0.1, 0.15) is 55.1 Å². The third-order valence-electron chi connectivity index (χ3n) is 5.76. The SMILES string of the molecule is CCN(CC)CCCNC(=O)c1ccc(Nc2nccc(Nc3cc(C4CC4)[nH]n3)n2)cc1. The van der Waals surface area contributed by atoms with Gasteiger partial charge in [-0.1, -0.05) is 13.8 Å². The molecule has 0 unspecified atom stereocenters. The zero-order chi connectivity index (χ0) is 23.0. The minimum atomic E-state index is -0.0619. The minimum absolute atomic E-state index is 0.0619. The van der Waals surface area contributed by atoms with E-state index < -0.39 is 0 Å². The van der Waals surface area contributed by atoms with E-state index in [2.05, 4.69) is 54.9 Å². The van der Waals surface area contributed by atoms with Gasteiger partial charge in [0.25, 0.3) is 5.91 Å². The molecular formula is C24H32N8O. The molecule has 1 aliphatic rings. The Kier molecular flexibility index (Phi) is 7.51. The lowest BCUT2D eigenvalue weighted by molar-refractivity contribution is 0.0952. The molecule has 0 aliphatic heterocycles. The molecule has 1 aromatic carbocycles. The standard InChI is InChI=1S/C24H32N8O/c1-3-32(4-2)15-5-13-25-23(33)18-8-10-19(11-9-18)27-24-26-14-12-21(29-24)28-22-16-20(30-31-22)17-6-7-17/h8-12,14,16-17H,3-7,13,15H2,1-2H3,(H,25,33)(H3,26,27,28,29,30,31). The molecule has 2 heterocycles. The maximum atomic E-state index is 12.4. The van der Waals surface area contributed by atoms with Crippen LogP contribution in [0.5, 0.6) is 0 Å². The van der Waals surface area contributed by atoms with E-state index in [4.69, 9.17) is 0 Å². The van der Waals surface area contributed by atoms with Gasteiger partial charge in [-0.05, 0) is 69.2 Å². The number of H-pyrrole nitrogens is 1. The van der Waals surface area contributed by atoms with Crippen LogP contribution in [0.2, 0.25) is 0 Å². The molecule has 3 aromatic rings. The molecule has 0 spiro atoms. The van der Waals surface area contributed by atoms with Gasteiger partial charge in [-0.3, -0.25) is 9.89 Å². The Morgan fingerprint density at radius 3 is 2.61 bits per heavy atom. The quantitative estimate of drug-likeness (QED) is 0.310. The first-order valence-corrected chi connectivity index (χ1v) is 11.7. The fraction of sp³-hybridized carbons (Fsp3) is 0.417. The summed E-state index contributed by atoms with van der Waals surface area (Å²) in [5.41, 5.74) is 2.60. The predicted octanol–water partition coefficient (Wildman–Crippen LogP) is 4.03. The van der Waals surface area contributed by atoms with Crippen molar-refractivity contribution in [3.8, 4) is 0 Å². The minimum Gasteiger partial charge on any atom is -0.352 e. The number of nitrogens with one attached hydrogen (secondary N) is 4. The fourth-order valence-electron chi connectivity index (χ4n) is 3.60. The second kappa shape index (κ2) is 10.9. The van der Waals surface area contributed by atoms with E-state index in [0.29, 0.717) is 29.8 Å². The molecule has 4 rings (SSSR count). The molecule has 9 heteroatoms. The largest absolute Gasteiger partial charge is 0.352 e. The van der Waals surface area contributed by atoms with E-state index in [1.165, 1.54) is 12.8 Å². The first kappa shape index (κ1) is 22.7. The van der Waals surface area contributed by atoms with Crippen molar-refractivity contribution in [3.63, 3.8) is 0 Å². The van der Waals surface area contributed by atoms with Crippen LogP contribution in [0.4, 0.5) is 23.3 Å². The van der Waals surface area contributed by atoms with Gasteiger partial charge in [0.1, 0.15) is 5.82 Å². The summed E-state index contributed by atoms with van der Waals surface area (Å²) in [5, 5.41) is 16.7. The van der Waals surface area contributed by atoms with E-state index >= 15 is 0 Å². The molecule has 0 radical (unpaired) electrons. The number of anilines is 4. The zero-order valence-corrected chi connectivity index (χ0v) is 19.3. The summed E-state index contributed by atoms with van der Waals surface area (Å²) in [4.78, 5) is 23.5. The number of aromatic nitrogens is 4. The number of amides is 1. The summed E-state index contributed by atoms with van der Waals surface area (Å²) in [7, 11) is 0. The first-order chi connectivity index (χ1) is 16.1. The van der Waals surface area contributed by atoms with Crippen molar-refractivity contribution >= 4 is 29.2 Å². The van der Waals surface area contributed by atoms with Crippen molar-refractivity contribution < 1.29 is 4.79 Å². The number of aromatic amines is 1. The summed E-state index contributed by atoms with van der Waals surface area (Å²) in [5.74, 6) is 2.42. The van der Waals surface area contributed by atoms with Gasteiger partial charge >= 0.3 is 0 Å². The van der Waals surface area contributed by atoms with Crippen molar-refractivity contribution in [2.24, 2.45) is 0 Å². The summed E-state index contributed by atoms with van der Waals surface area (Å²) >= 11 is 0. The highest BCUT2D eigenvalue weighted by Gasteiger charge is 2.25. The number of hydrogen-bond donors (Lipinski definition) is 4. The van der Waals surface area contributed by atoms with Crippen LogP contribution in [-0.4, -0.2) is 57.2 Å². The molecule has 1 saturated carbocycles. The van der Waals surface area contributed by atoms with Crippen molar-refractivity contribution in [3.05, 3.63) is 53.9 Å². The average Bonchev–Trinajstić information content (AvgIpc) is 3.59. The van der Waals surface area contributed by atoms with Gasteiger partial charge in [0, 0.05) is 41.7 Å². The lowest BCUT2D eigenvalue weighted by Gasteiger charge is -2.17. The lowest BCUT2D eigenvalue weighted by atomic mass is 10.2. The monoisotopic (exact) mass is 448 g/mol. The summed E-state index contributed by atoms with van der Waals surface area (Å²) in [6.45, 7) is 8.03. The summed E-state index contributed by atoms with van der Waals surface area (Å²) < 4.78 is 0. The van der Waals surface area contributed by atoms with Crippen LogP contribution >= 0.6 is 0 Å². The van der Waals surface area contributed by atoms with Crippen LogP contribution in [0.25, 0.3) is 0 Å². The third kappa shape index (κ3) is 6.52. The smallest absolute Gasteiger partial charge is 0.251 e. The molecule has 4 N–H and O–H groups in total. The maximum absolute atomic E-state index is 12.4. The van der Waals surface area contributed by atoms with Crippen LogP contribution in [0, 0.1) is 0 Å². The number of carbonyl (C=O) groups is 1. The summed E-state index contributed by atoms with van der Waals surface area (Å²) in [6, 6.07) is 11.1. The molecule has 174 valence electrons. The lowest BCUT2D eigenvalue weighted by Crippen LogP contribution is -2.29. The van der Waals surface area contributed by atoms with Gasteiger partial charge in [0.15, 0.2) is 5.82 Å². The normalized spacial score (nSPS) is 13.2. The molecule has 1 fully saturated rings. The van der Waals surface area contributed by atoms with Crippen molar-refractivity contribution in [1.82, 2.24) is 30.4 Å². The van der Waals surface area contributed by atoms with Crippen molar-refractivity contribution in [2.45, 2.75) is 39.0 Å². The molecule has 0 bridgehead atoms.